The van der Waals surface area contributed by atoms with Crippen molar-refractivity contribution in [2.45, 2.75) is 52.1 Å². The molecule has 1 saturated carbocycles. The van der Waals surface area contributed by atoms with Gasteiger partial charge in [-0.3, -0.25) is 14.6 Å². The molecule has 1 spiro atoms. The van der Waals surface area contributed by atoms with Crippen molar-refractivity contribution in [2.75, 3.05) is 32.8 Å². The lowest BCUT2D eigenvalue weighted by molar-refractivity contribution is -0.136. The highest BCUT2D eigenvalue weighted by molar-refractivity contribution is 7.18. The number of nitrogens with one attached hydrogen (secondary N) is 1. The van der Waals surface area contributed by atoms with Gasteiger partial charge in [0.15, 0.2) is 0 Å². The number of aromatic nitrogens is 1. The van der Waals surface area contributed by atoms with Crippen LogP contribution in [0.4, 0.5) is 4.79 Å². The molecule has 0 unspecified atom stereocenters. The van der Waals surface area contributed by atoms with Crippen LogP contribution in [0.25, 0.3) is 10.2 Å². The molecule has 0 bridgehead atoms. The van der Waals surface area contributed by atoms with Gasteiger partial charge in [0.25, 0.3) is 5.91 Å². The molecule has 2 saturated heterocycles. The van der Waals surface area contributed by atoms with Gasteiger partial charge in [-0.2, -0.15) is 0 Å². The van der Waals surface area contributed by atoms with Crippen LogP contribution in [0.15, 0.2) is 24.3 Å². The maximum atomic E-state index is 13.4. The first-order chi connectivity index (χ1) is 15.2. The molecule has 3 amide bonds. The number of amides is 3. The van der Waals surface area contributed by atoms with Gasteiger partial charge >= 0.3 is 6.03 Å². The number of fused-ring (bicyclic) bond motifs is 1. The average molecular weight is 456 g/mol. The van der Waals surface area contributed by atoms with Crippen molar-refractivity contribution in [2.24, 2.45) is 11.3 Å². The molecule has 2 aliphatic heterocycles. The Bertz CT molecular complexity index is 995. The summed E-state index contributed by atoms with van der Waals surface area (Å²) in [6.07, 6.45) is 2.56. The van der Waals surface area contributed by atoms with E-state index in [0.29, 0.717) is 12.6 Å². The summed E-state index contributed by atoms with van der Waals surface area (Å²) in [7, 11) is 0. The topological polar surface area (TPSA) is 68.8 Å². The first-order valence-electron chi connectivity index (χ1n) is 11.7. The smallest absolute Gasteiger partial charge is 0.323 e. The number of imide groups is 1. The lowest BCUT2D eigenvalue weighted by atomic mass is 9.64. The van der Waals surface area contributed by atoms with Crippen molar-refractivity contribution in [1.29, 1.82) is 0 Å². The van der Waals surface area contributed by atoms with Crippen molar-refractivity contribution in [3.05, 3.63) is 29.3 Å². The summed E-state index contributed by atoms with van der Waals surface area (Å²) in [6, 6.07) is 8.04. The number of para-hydroxylation sites is 1. The molecule has 1 aromatic heterocycles. The number of piperazine rings is 1. The summed E-state index contributed by atoms with van der Waals surface area (Å²) in [5.74, 6) is 0.396. The molecule has 1 aromatic carbocycles. The number of hydrogen-bond donors (Lipinski definition) is 1. The predicted molar refractivity (Wildman–Crippen MR) is 126 cm³/mol. The summed E-state index contributed by atoms with van der Waals surface area (Å²) in [4.78, 5) is 37.0. The zero-order valence-electron chi connectivity index (χ0n) is 19.3. The highest BCUT2D eigenvalue weighted by Crippen LogP contribution is 2.46. The SMILES string of the molecule is C[C@@H]1CC(C)(C)C[C@]2(C1)NC(=O)N(CN1CCN(Cc3nc4ccccc4s3)CC1)C2=O. The van der Waals surface area contributed by atoms with E-state index < -0.39 is 5.54 Å². The molecule has 32 heavy (non-hydrogen) atoms. The lowest BCUT2D eigenvalue weighted by Gasteiger charge is -2.44. The first-order valence-corrected chi connectivity index (χ1v) is 12.5. The maximum Gasteiger partial charge on any atom is 0.326 e. The third kappa shape index (κ3) is 4.16. The fraction of sp³-hybridized carbons (Fsp3) is 0.625. The van der Waals surface area contributed by atoms with Gasteiger partial charge in [-0.25, -0.2) is 14.7 Å². The Kier molecular flexibility index (Phi) is 5.50. The van der Waals surface area contributed by atoms with E-state index in [-0.39, 0.29) is 17.4 Å². The Balaban J connectivity index is 1.18. The molecule has 3 aliphatic rings. The number of carbonyl (C=O) groups is 2. The standard InChI is InChI=1S/C24H33N5O2S/c1-17-12-23(2,3)15-24(13-17)21(30)29(22(31)26-24)16-28-10-8-27(9-11-28)14-20-25-18-6-4-5-7-19(18)32-20/h4-7,17H,8-16H2,1-3H3,(H,26,31)/t17-,24+/m1/s1. The van der Waals surface area contributed by atoms with E-state index in [1.165, 1.54) is 9.60 Å². The van der Waals surface area contributed by atoms with E-state index in [4.69, 9.17) is 4.98 Å². The second-order valence-electron chi connectivity index (χ2n) is 10.7. The van der Waals surface area contributed by atoms with Crippen molar-refractivity contribution in [1.82, 2.24) is 25.0 Å². The van der Waals surface area contributed by atoms with Gasteiger partial charge in [0.05, 0.1) is 23.4 Å². The average Bonchev–Trinajstić information content (AvgIpc) is 3.21. The molecular weight excluding hydrogens is 422 g/mol. The Labute approximate surface area is 193 Å². The summed E-state index contributed by atoms with van der Waals surface area (Å²) >= 11 is 1.76. The number of rotatable bonds is 4. The Morgan fingerprint density at radius 1 is 1.09 bits per heavy atom. The zero-order valence-corrected chi connectivity index (χ0v) is 20.1. The quantitative estimate of drug-likeness (QED) is 0.715. The van der Waals surface area contributed by atoms with Crippen LogP contribution < -0.4 is 5.32 Å². The number of nitrogens with zero attached hydrogens (tertiary/aromatic N) is 4. The van der Waals surface area contributed by atoms with Crippen LogP contribution in [-0.2, 0) is 11.3 Å². The molecule has 0 radical (unpaired) electrons. The Morgan fingerprint density at radius 2 is 1.81 bits per heavy atom. The van der Waals surface area contributed by atoms with Crippen molar-refractivity contribution < 1.29 is 9.59 Å². The zero-order chi connectivity index (χ0) is 22.5. The fourth-order valence-electron chi connectivity index (χ4n) is 6.10. The summed E-state index contributed by atoms with van der Waals surface area (Å²) < 4.78 is 1.23. The minimum atomic E-state index is -0.715. The van der Waals surface area contributed by atoms with Crippen LogP contribution in [0.5, 0.6) is 0 Å². The second-order valence-corrected chi connectivity index (χ2v) is 11.8. The Hall–Kier alpha value is -2.03. The van der Waals surface area contributed by atoms with Crippen LogP contribution in [0.3, 0.4) is 0 Å². The molecule has 172 valence electrons. The minimum Gasteiger partial charge on any atom is -0.323 e. The van der Waals surface area contributed by atoms with E-state index in [2.05, 4.69) is 54.1 Å². The number of thiazole rings is 1. The normalized spacial score (nSPS) is 29.2. The van der Waals surface area contributed by atoms with Crippen molar-refractivity contribution in [3.8, 4) is 0 Å². The van der Waals surface area contributed by atoms with Gasteiger partial charge in [0, 0.05) is 26.2 Å². The molecule has 3 fully saturated rings. The minimum absolute atomic E-state index is 0.0287. The fourth-order valence-corrected chi connectivity index (χ4v) is 7.11. The van der Waals surface area contributed by atoms with Gasteiger partial charge in [0.2, 0.25) is 0 Å². The number of carbonyl (C=O) groups excluding carboxylic acids is 2. The van der Waals surface area contributed by atoms with E-state index in [0.717, 1.165) is 62.5 Å². The molecule has 2 atom stereocenters. The van der Waals surface area contributed by atoms with Gasteiger partial charge in [0.1, 0.15) is 10.5 Å². The summed E-state index contributed by atoms with van der Waals surface area (Å²) in [5, 5.41) is 4.24. The summed E-state index contributed by atoms with van der Waals surface area (Å²) in [5.41, 5.74) is 0.411. The molecule has 1 N–H and O–H groups in total. The third-order valence-electron chi connectivity index (χ3n) is 7.13. The Morgan fingerprint density at radius 3 is 2.53 bits per heavy atom. The van der Waals surface area contributed by atoms with E-state index in [1.807, 2.05) is 6.07 Å². The van der Waals surface area contributed by atoms with Gasteiger partial charge < -0.3 is 5.32 Å². The van der Waals surface area contributed by atoms with Crippen LogP contribution in [0, 0.1) is 11.3 Å². The number of urea groups is 1. The largest absolute Gasteiger partial charge is 0.326 e. The molecule has 5 rings (SSSR count). The second kappa shape index (κ2) is 8.08. The van der Waals surface area contributed by atoms with E-state index >= 15 is 0 Å². The van der Waals surface area contributed by atoms with Crippen LogP contribution >= 0.6 is 11.3 Å². The van der Waals surface area contributed by atoms with E-state index in [1.54, 1.807) is 11.3 Å². The monoisotopic (exact) mass is 455 g/mol. The molecule has 2 aromatic rings. The first kappa shape index (κ1) is 21.8. The third-order valence-corrected chi connectivity index (χ3v) is 8.15. The molecule has 3 heterocycles. The van der Waals surface area contributed by atoms with E-state index in [9.17, 15) is 9.59 Å². The maximum absolute atomic E-state index is 13.4. The highest BCUT2D eigenvalue weighted by atomic mass is 32.1. The lowest BCUT2D eigenvalue weighted by Crippen LogP contribution is -2.55. The van der Waals surface area contributed by atoms with Crippen LogP contribution in [0.1, 0.15) is 45.0 Å². The summed E-state index contributed by atoms with van der Waals surface area (Å²) in [6.45, 7) is 11.4. The van der Waals surface area contributed by atoms with Crippen molar-refractivity contribution in [3.63, 3.8) is 0 Å². The molecule has 7 nitrogen and oxygen atoms in total. The molecular formula is C24H33N5O2S. The highest BCUT2D eigenvalue weighted by Gasteiger charge is 2.56. The number of hydrogen-bond acceptors (Lipinski definition) is 6. The number of benzene rings is 1. The molecule has 1 aliphatic carbocycles. The van der Waals surface area contributed by atoms with Gasteiger partial charge in [-0.15, -0.1) is 11.3 Å². The molecule has 8 heteroatoms. The van der Waals surface area contributed by atoms with Gasteiger partial charge in [-0.1, -0.05) is 32.9 Å². The predicted octanol–water partition coefficient (Wildman–Crippen LogP) is 3.51. The van der Waals surface area contributed by atoms with Gasteiger partial charge in [-0.05, 0) is 42.7 Å². The van der Waals surface area contributed by atoms with Crippen LogP contribution in [-0.4, -0.2) is 70.0 Å². The van der Waals surface area contributed by atoms with Crippen molar-refractivity contribution >= 4 is 33.5 Å². The van der Waals surface area contributed by atoms with Crippen LogP contribution in [0.2, 0.25) is 0 Å².